The number of alkyl halides is 3. The molecule has 0 aromatic carbocycles. The van der Waals surface area contributed by atoms with Crippen molar-refractivity contribution in [1.29, 1.82) is 0 Å². The summed E-state index contributed by atoms with van der Waals surface area (Å²) in [7, 11) is 1.64. The first-order valence-electron chi connectivity index (χ1n) is 9.30. The Bertz CT molecular complexity index is 888. The average molecular weight is 428 g/mol. The molecule has 2 atom stereocenters. The third-order valence-corrected chi connectivity index (χ3v) is 5.18. The summed E-state index contributed by atoms with van der Waals surface area (Å²) < 4.78 is 45.0. The quantitative estimate of drug-likeness (QED) is 0.643. The number of carbonyl (C=O) groups excluding carboxylic acids is 1. The summed E-state index contributed by atoms with van der Waals surface area (Å²) in [5.74, 6) is -0.396. The highest BCUT2D eigenvalue weighted by molar-refractivity contribution is 5.92. The van der Waals surface area contributed by atoms with Gasteiger partial charge in [0.2, 0.25) is 5.88 Å². The van der Waals surface area contributed by atoms with Crippen LogP contribution >= 0.6 is 0 Å². The minimum atomic E-state index is -4.50. The predicted octanol–water partition coefficient (Wildman–Crippen LogP) is 1.45. The number of nitrogens with one attached hydrogen (secondary N) is 1. The largest absolute Gasteiger partial charge is 0.477 e. The van der Waals surface area contributed by atoms with Crippen molar-refractivity contribution in [2.75, 3.05) is 13.2 Å². The van der Waals surface area contributed by atoms with Crippen LogP contribution in [0.3, 0.4) is 0 Å². The minimum Gasteiger partial charge on any atom is -0.477 e. The Morgan fingerprint density at radius 3 is 2.50 bits per heavy atom. The van der Waals surface area contributed by atoms with Crippen molar-refractivity contribution in [3.8, 4) is 5.88 Å². The first kappa shape index (κ1) is 22.0. The third-order valence-electron chi connectivity index (χ3n) is 5.18. The number of nitrogens with zero attached hydrogens (tertiary/aromatic N) is 3. The van der Waals surface area contributed by atoms with E-state index in [9.17, 15) is 28.2 Å². The maximum absolute atomic E-state index is 12.7. The van der Waals surface area contributed by atoms with E-state index in [1.807, 2.05) is 0 Å². The molecule has 11 heteroatoms. The second-order valence-electron chi connectivity index (χ2n) is 7.69. The molecule has 8 nitrogen and oxygen atoms in total. The smallest absolute Gasteiger partial charge is 0.417 e. The normalized spacial score (nSPS) is 24.1. The summed E-state index contributed by atoms with van der Waals surface area (Å²) in [4.78, 5) is 16.2. The number of hydrogen-bond donors (Lipinski definition) is 3. The van der Waals surface area contributed by atoms with Gasteiger partial charge in [-0.05, 0) is 31.9 Å². The fourth-order valence-electron chi connectivity index (χ4n) is 3.60. The van der Waals surface area contributed by atoms with E-state index in [4.69, 9.17) is 4.74 Å². The van der Waals surface area contributed by atoms with E-state index in [1.54, 1.807) is 20.0 Å². The first-order chi connectivity index (χ1) is 14.0. The highest BCUT2D eigenvalue weighted by Crippen LogP contribution is 2.39. The first-order valence-corrected chi connectivity index (χ1v) is 9.30. The molecule has 1 aliphatic carbocycles. The van der Waals surface area contributed by atoms with Crippen molar-refractivity contribution in [2.24, 2.45) is 12.5 Å². The Kier molecular flexibility index (Phi) is 6.04. The van der Waals surface area contributed by atoms with Crippen LogP contribution in [0.1, 0.15) is 34.6 Å². The molecule has 30 heavy (non-hydrogen) atoms. The van der Waals surface area contributed by atoms with E-state index in [-0.39, 0.29) is 37.8 Å². The van der Waals surface area contributed by atoms with Crippen molar-refractivity contribution in [2.45, 2.75) is 38.1 Å². The molecule has 0 radical (unpaired) electrons. The standard InChI is InChI=1S/C19H23F3N4O4/c1-11-5-13(26(2)25-11)17(29)24-9-18(6-14(27)15(28)7-18)10-30-16-4-3-12(8-23-16)19(20,21)22/h3-5,8,14-15,27-28H,6-7,9-10H2,1-2H3,(H,24,29). The topological polar surface area (TPSA) is 110 Å². The van der Waals surface area contributed by atoms with Crippen LogP contribution in [0.2, 0.25) is 0 Å². The third kappa shape index (κ3) is 4.90. The van der Waals surface area contributed by atoms with Crippen molar-refractivity contribution >= 4 is 5.91 Å². The van der Waals surface area contributed by atoms with Gasteiger partial charge in [0.15, 0.2) is 0 Å². The molecule has 2 unspecified atom stereocenters. The molecule has 1 saturated carbocycles. The molecule has 0 saturated heterocycles. The van der Waals surface area contributed by atoms with Crippen LogP contribution in [-0.4, -0.2) is 56.2 Å². The summed E-state index contributed by atoms with van der Waals surface area (Å²) in [5.41, 5.74) is -0.671. The van der Waals surface area contributed by atoms with Crippen molar-refractivity contribution < 1.29 is 32.9 Å². The molecular formula is C19H23F3N4O4. The molecule has 3 N–H and O–H groups in total. The molecule has 1 amide bonds. The Balaban J connectivity index is 1.68. The molecule has 0 spiro atoms. The van der Waals surface area contributed by atoms with Crippen LogP contribution in [-0.2, 0) is 13.2 Å². The summed E-state index contributed by atoms with van der Waals surface area (Å²) in [6.45, 7) is 1.79. The molecule has 0 bridgehead atoms. The number of aromatic nitrogens is 3. The van der Waals surface area contributed by atoms with Gasteiger partial charge in [-0.3, -0.25) is 9.48 Å². The number of amides is 1. The highest BCUT2D eigenvalue weighted by Gasteiger charge is 2.45. The van der Waals surface area contributed by atoms with E-state index in [1.165, 1.54) is 4.68 Å². The number of halogens is 3. The number of aliphatic hydroxyl groups excluding tert-OH is 2. The second-order valence-corrected chi connectivity index (χ2v) is 7.69. The number of pyridine rings is 1. The van der Waals surface area contributed by atoms with E-state index in [0.29, 0.717) is 17.6 Å². The van der Waals surface area contributed by atoms with Gasteiger partial charge in [0.1, 0.15) is 5.69 Å². The van der Waals surface area contributed by atoms with E-state index in [0.717, 1.165) is 12.1 Å². The maximum Gasteiger partial charge on any atom is 0.417 e. The SMILES string of the molecule is Cc1cc(C(=O)NCC2(COc3ccc(C(F)(F)F)cn3)CC(O)C(O)C2)n(C)n1. The van der Waals surface area contributed by atoms with E-state index in [2.05, 4.69) is 15.4 Å². The highest BCUT2D eigenvalue weighted by atomic mass is 19.4. The van der Waals surface area contributed by atoms with Gasteiger partial charge < -0.3 is 20.3 Å². The van der Waals surface area contributed by atoms with E-state index >= 15 is 0 Å². The van der Waals surface area contributed by atoms with Crippen LogP contribution in [0, 0.1) is 12.3 Å². The zero-order chi connectivity index (χ0) is 22.1. The lowest BCUT2D eigenvalue weighted by Gasteiger charge is -2.29. The molecule has 0 aliphatic heterocycles. The van der Waals surface area contributed by atoms with Gasteiger partial charge in [0.25, 0.3) is 5.91 Å². The van der Waals surface area contributed by atoms with Gasteiger partial charge in [0.05, 0.1) is 30.1 Å². The van der Waals surface area contributed by atoms with Gasteiger partial charge in [-0.15, -0.1) is 0 Å². The minimum absolute atomic E-state index is 0.0214. The lowest BCUT2D eigenvalue weighted by Crippen LogP contribution is -2.41. The second kappa shape index (κ2) is 8.23. The molecular weight excluding hydrogens is 405 g/mol. The van der Waals surface area contributed by atoms with Gasteiger partial charge in [-0.25, -0.2) is 4.98 Å². The average Bonchev–Trinajstić information content (AvgIpc) is 3.16. The number of aliphatic hydroxyl groups is 2. The molecule has 1 aliphatic rings. The molecule has 2 aromatic rings. The molecule has 164 valence electrons. The number of ether oxygens (including phenoxy) is 1. The molecule has 2 heterocycles. The Hall–Kier alpha value is -2.66. The molecule has 2 aromatic heterocycles. The maximum atomic E-state index is 12.7. The van der Waals surface area contributed by atoms with Crippen molar-refractivity contribution in [1.82, 2.24) is 20.1 Å². The van der Waals surface area contributed by atoms with E-state index < -0.39 is 29.4 Å². The Morgan fingerprint density at radius 1 is 1.33 bits per heavy atom. The zero-order valence-corrected chi connectivity index (χ0v) is 16.5. The zero-order valence-electron chi connectivity index (χ0n) is 16.5. The Morgan fingerprint density at radius 2 is 2.00 bits per heavy atom. The summed E-state index contributed by atoms with van der Waals surface area (Å²) in [5, 5.41) is 26.9. The molecule has 1 fully saturated rings. The van der Waals surface area contributed by atoms with Crippen molar-refractivity contribution in [3.05, 3.63) is 41.3 Å². The number of carbonyl (C=O) groups is 1. The van der Waals surface area contributed by atoms with Gasteiger partial charge in [-0.2, -0.15) is 18.3 Å². The fraction of sp³-hybridized carbons (Fsp3) is 0.526. The number of aryl methyl sites for hydroxylation is 2. The van der Waals surface area contributed by atoms with Crippen molar-refractivity contribution in [3.63, 3.8) is 0 Å². The van der Waals surface area contributed by atoms with Gasteiger partial charge in [-0.1, -0.05) is 0 Å². The number of rotatable bonds is 6. The van der Waals surface area contributed by atoms with Gasteiger partial charge >= 0.3 is 6.18 Å². The summed E-state index contributed by atoms with van der Waals surface area (Å²) >= 11 is 0. The van der Waals surface area contributed by atoms with Crippen LogP contribution < -0.4 is 10.1 Å². The van der Waals surface area contributed by atoms with Crippen LogP contribution in [0.4, 0.5) is 13.2 Å². The van der Waals surface area contributed by atoms with Crippen LogP contribution in [0.25, 0.3) is 0 Å². The molecule has 3 rings (SSSR count). The lowest BCUT2D eigenvalue weighted by atomic mass is 9.86. The summed E-state index contributed by atoms with van der Waals surface area (Å²) in [6.07, 6.45) is -5.51. The van der Waals surface area contributed by atoms with Crippen LogP contribution in [0.5, 0.6) is 5.88 Å². The Labute approximate surface area is 170 Å². The number of hydrogen-bond acceptors (Lipinski definition) is 6. The lowest BCUT2D eigenvalue weighted by molar-refractivity contribution is -0.137. The summed E-state index contributed by atoms with van der Waals surface area (Å²) in [6, 6.07) is 3.60. The van der Waals surface area contributed by atoms with Crippen LogP contribution in [0.15, 0.2) is 24.4 Å². The predicted molar refractivity (Wildman–Crippen MR) is 98.7 cm³/mol. The van der Waals surface area contributed by atoms with Gasteiger partial charge in [0, 0.05) is 31.3 Å². The fourth-order valence-corrected chi connectivity index (χ4v) is 3.60. The monoisotopic (exact) mass is 428 g/mol.